The Balaban J connectivity index is 1.47. The number of hydrogen-bond acceptors (Lipinski definition) is 8. The number of rotatable bonds is 6. The Morgan fingerprint density at radius 3 is 2.90 bits per heavy atom. The van der Waals surface area contributed by atoms with E-state index in [1.165, 1.54) is 30.9 Å². The summed E-state index contributed by atoms with van der Waals surface area (Å²) in [7, 11) is 1.55. The molecule has 152 valence electrons. The molecule has 0 radical (unpaired) electrons. The summed E-state index contributed by atoms with van der Waals surface area (Å²) in [6.07, 6.45) is 3.88. The van der Waals surface area contributed by atoms with Crippen molar-refractivity contribution in [1.82, 2.24) is 15.0 Å². The van der Waals surface area contributed by atoms with Gasteiger partial charge >= 0.3 is 0 Å². The summed E-state index contributed by atoms with van der Waals surface area (Å²) in [5.74, 6) is 0.598. The van der Waals surface area contributed by atoms with Crippen molar-refractivity contribution in [3.8, 4) is 5.75 Å². The molecule has 0 spiro atoms. The number of hydrogen-bond donors (Lipinski definition) is 1. The zero-order chi connectivity index (χ0) is 20.4. The minimum absolute atomic E-state index is 0.147. The topological polar surface area (TPSA) is 80.2 Å². The number of thioether (sulfide) groups is 1. The number of carbonyl (C=O) groups is 1. The third-order valence-corrected chi connectivity index (χ3v) is 7.26. The van der Waals surface area contributed by atoms with Crippen molar-refractivity contribution >= 4 is 61.8 Å². The van der Waals surface area contributed by atoms with Crippen LogP contribution in [-0.4, -0.2) is 46.8 Å². The number of nitrogens with one attached hydrogen (secondary N) is 1. The fourth-order valence-electron chi connectivity index (χ4n) is 3.12. The molecule has 29 heavy (non-hydrogen) atoms. The summed E-state index contributed by atoms with van der Waals surface area (Å²) in [5.41, 5.74) is 2.15. The van der Waals surface area contributed by atoms with Gasteiger partial charge in [0, 0.05) is 24.2 Å². The first-order valence-electron chi connectivity index (χ1n) is 9.18. The molecule has 0 aliphatic carbocycles. The molecule has 1 amide bonds. The summed E-state index contributed by atoms with van der Waals surface area (Å²) in [4.78, 5) is 28.1. The maximum atomic E-state index is 12.5. The number of methoxy groups -OCH3 is 1. The SMILES string of the molecule is COc1cc(Cl)c(C)cc1NC(=O)CSc1ncnc2nc(N3CCCC3)sc12. The molecule has 1 fully saturated rings. The highest BCUT2D eigenvalue weighted by Gasteiger charge is 2.19. The number of halogens is 1. The van der Waals surface area contributed by atoms with Crippen LogP contribution in [0.2, 0.25) is 5.02 Å². The lowest BCUT2D eigenvalue weighted by atomic mass is 10.2. The Kier molecular flexibility index (Phi) is 6.07. The van der Waals surface area contributed by atoms with E-state index in [1.807, 2.05) is 6.92 Å². The molecule has 4 rings (SSSR count). The largest absolute Gasteiger partial charge is 0.495 e. The molecular formula is C19H20ClN5O2S2. The second-order valence-electron chi connectivity index (χ2n) is 6.66. The van der Waals surface area contributed by atoms with Gasteiger partial charge in [0.25, 0.3) is 0 Å². The molecule has 7 nitrogen and oxygen atoms in total. The number of aromatic nitrogens is 3. The molecule has 0 atom stereocenters. The van der Waals surface area contributed by atoms with E-state index in [0.717, 1.165) is 33.5 Å². The Morgan fingerprint density at radius 1 is 1.34 bits per heavy atom. The van der Waals surface area contributed by atoms with Crippen LogP contribution in [0.5, 0.6) is 5.75 Å². The Hall–Kier alpha value is -2.10. The minimum Gasteiger partial charge on any atom is -0.495 e. The van der Waals surface area contributed by atoms with Gasteiger partial charge in [-0.25, -0.2) is 9.97 Å². The molecule has 3 aromatic rings. The van der Waals surface area contributed by atoms with E-state index in [0.29, 0.717) is 22.1 Å². The number of ether oxygens (including phenoxy) is 1. The van der Waals surface area contributed by atoms with Crippen LogP contribution in [0.15, 0.2) is 23.5 Å². The summed E-state index contributed by atoms with van der Waals surface area (Å²) >= 11 is 9.09. The van der Waals surface area contributed by atoms with Crippen LogP contribution in [0.25, 0.3) is 10.3 Å². The van der Waals surface area contributed by atoms with E-state index in [2.05, 4.69) is 25.2 Å². The molecule has 2 aromatic heterocycles. The van der Waals surface area contributed by atoms with Gasteiger partial charge in [-0.2, -0.15) is 4.98 Å². The van der Waals surface area contributed by atoms with E-state index in [1.54, 1.807) is 30.6 Å². The second kappa shape index (κ2) is 8.73. The van der Waals surface area contributed by atoms with Gasteiger partial charge in [-0.05, 0) is 31.4 Å². The summed E-state index contributed by atoms with van der Waals surface area (Å²) in [6, 6.07) is 3.50. The van der Waals surface area contributed by atoms with Crippen LogP contribution in [0.4, 0.5) is 10.8 Å². The smallest absolute Gasteiger partial charge is 0.234 e. The maximum Gasteiger partial charge on any atom is 0.234 e. The van der Waals surface area contributed by atoms with Gasteiger partial charge < -0.3 is 15.0 Å². The maximum absolute atomic E-state index is 12.5. The van der Waals surface area contributed by atoms with Gasteiger partial charge in [0.05, 0.1) is 18.6 Å². The molecule has 0 saturated carbocycles. The Labute approximate surface area is 181 Å². The molecule has 1 aromatic carbocycles. The molecule has 1 saturated heterocycles. The van der Waals surface area contributed by atoms with Crippen LogP contribution in [0, 0.1) is 6.92 Å². The van der Waals surface area contributed by atoms with Crippen molar-refractivity contribution in [3.63, 3.8) is 0 Å². The molecule has 0 bridgehead atoms. The predicted octanol–water partition coefficient (Wildman–Crippen LogP) is 4.39. The highest BCUT2D eigenvalue weighted by Crippen LogP contribution is 2.35. The number of fused-ring (bicyclic) bond motifs is 1. The van der Waals surface area contributed by atoms with Gasteiger partial charge in [0.1, 0.15) is 21.8 Å². The van der Waals surface area contributed by atoms with Crippen molar-refractivity contribution in [1.29, 1.82) is 0 Å². The molecule has 1 aliphatic rings. The van der Waals surface area contributed by atoms with Crippen LogP contribution >= 0.6 is 34.7 Å². The first-order valence-corrected chi connectivity index (χ1v) is 11.4. The zero-order valence-electron chi connectivity index (χ0n) is 16.1. The minimum atomic E-state index is -0.147. The van der Waals surface area contributed by atoms with Gasteiger partial charge in [0.2, 0.25) is 5.91 Å². The third kappa shape index (κ3) is 4.41. The normalized spacial score (nSPS) is 13.8. The lowest BCUT2D eigenvalue weighted by molar-refractivity contribution is -0.113. The number of benzene rings is 1. The quantitative estimate of drug-likeness (QED) is 0.441. The molecule has 0 unspecified atom stereocenters. The van der Waals surface area contributed by atoms with Crippen LogP contribution in [0.1, 0.15) is 18.4 Å². The van der Waals surface area contributed by atoms with E-state index in [4.69, 9.17) is 16.3 Å². The zero-order valence-corrected chi connectivity index (χ0v) is 18.5. The summed E-state index contributed by atoms with van der Waals surface area (Å²) in [5, 5.41) is 5.23. The fourth-order valence-corrected chi connectivity index (χ4v) is 5.21. The average Bonchev–Trinajstić information content (AvgIpc) is 3.38. The second-order valence-corrected chi connectivity index (χ2v) is 9.01. The molecule has 1 N–H and O–H groups in total. The standard InChI is InChI=1S/C19H20ClN5O2S2/c1-11-7-13(14(27-2)8-12(11)20)23-15(26)9-28-18-16-17(21-10-22-18)24-19(29-16)25-5-3-4-6-25/h7-8,10H,3-6,9H2,1-2H3,(H,23,26). The van der Waals surface area contributed by atoms with Gasteiger partial charge in [0.15, 0.2) is 10.8 Å². The number of anilines is 2. The van der Waals surface area contributed by atoms with E-state index in [9.17, 15) is 4.79 Å². The Morgan fingerprint density at radius 2 is 2.14 bits per heavy atom. The van der Waals surface area contributed by atoms with Crippen molar-refractivity contribution in [3.05, 3.63) is 29.0 Å². The van der Waals surface area contributed by atoms with E-state index < -0.39 is 0 Å². The first-order chi connectivity index (χ1) is 14.0. The number of carbonyl (C=O) groups excluding carboxylic acids is 1. The van der Waals surface area contributed by atoms with Crippen LogP contribution < -0.4 is 15.0 Å². The van der Waals surface area contributed by atoms with Gasteiger partial charge in [-0.15, -0.1) is 0 Å². The highest BCUT2D eigenvalue weighted by atomic mass is 35.5. The monoisotopic (exact) mass is 449 g/mol. The predicted molar refractivity (Wildman–Crippen MR) is 119 cm³/mol. The lowest BCUT2D eigenvalue weighted by Crippen LogP contribution is -2.16. The first kappa shape index (κ1) is 20.2. The van der Waals surface area contributed by atoms with Gasteiger partial charge in [-0.3, -0.25) is 4.79 Å². The van der Waals surface area contributed by atoms with Gasteiger partial charge in [-0.1, -0.05) is 34.7 Å². The molecular weight excluding hydrogens is 430 g/mol. The van der Waals surface area contributed by atoms with Crippen molar-refractivity contribution in [2.75, 3.05) is 36.2 Å². The lowest BCUT2D eigenvalue weighted by Gasteiger charge is -2.12. The van der Waals surface area contributed by atoms with E-state index >= 15 is 0 Å². The molecule has 1 aliphatic heterocycles. The van der Waals surface area contributed by atoms with Crippen molar-refractivity contribution in [2.45, 2.75) is 24.8 Å². The van der Waals surface area contributed by atoms with E-state index in [-0.39, 0.29) is 11.7 Å². The highest BCUT2D eigenvalue weighted by molar-refractivity contribution is 8.00. The van der Waals surface area contributed by atoms with Crippen molar-refractivity contribution in [2.24, 2.45) is 0 Å². The fraction of sp³-hybridized carbons (Fsp3) is 0.368. The number of amides is 1. The summed E-state index contributed by atoms with van der Waals surface area (Å²) < 4.78 is 6.24. The number of aryl methyl sites for hydroxylation is 1. The summed E-state index contributed by atoms with van der Waals surface area (Å²) in [6.45, 7) is 3.94. The number of thiazole rings is 1. The third-order valence-electron chi connectivity index (χ3n) is 4.62. The average molecular weight is 450 g/mol. The molecule has 10 heteroatoms. The van der Waals surface area contributed by atoms with Crippen molar-refractivity contribution < 1.29 is 9.53 Å². The number of nitrogens with zero attached hydrogens (tertiary/aromatic N) is 4. The van der Waals surface area contributed by atoms with Crippen LogP contribution in [0.3, 0.4) is 0 Å². The van der Waals surface area contributed by atoms with Crippen LogP contribution in [-0.2, 0) is 4.79 Å². The molecule has 3 heterocycles. The Bertz CT molecular complexity index is 1050.